The summed E-state index contributed by atoms with van der Waals surface area (Å²) in [5, 5.41) is 0. The molecule has 6 rings (SSSR count). The zero-order valence-electron chi connectivity index (χ0n) is 26.9. The van der Waals surface area contributed by atoms with E-state index < -0.39 is 5.41 Å². The highest BCUT2D eigenvalue weighted by molar-refractivity contribution is 5.98. The number of aromatic nitrogens is 2. The number of ether oxygens (including phenoxy) is 1. The van der Waals surface area contributed by atoms with E-state index in [1.54, 1.807) is 0 Å². The van der Waals surface area contributed by atoms with Gasteiger partial charge in [0.1, 0.15) is 5.82 Å². The molecule has 2 saturated heterocycles. The molecule has 0 N–H and O–H groups in total. The van der Waals surface area contributed by atoms with Gasteiger partial charge in [-0.3, -0.25) is 9.59 Å². The van der Waals surface area contributed by atoms with E-state index in [1.165, 1.54) is 12.1 Å². The molecule has 46 heavy (non-hydrogen) atoms. The average Bonchev–Trinajstić information content (AvgIpc) is 3.46. The lowest BCUT2D eigenvalue weighted by Crippen LogP contribution is -2.51. The maximum Gasteiger partial charge on any atom is 0.229 e. The molecule has 0 saturated carbocycles. The van der Waals surface area contributed by atoms with Crippen molar-refractivity contribution in [3.8, 4) is 0 Å². The van der Waals surface area contributed by atoms with Gasteiger partial charge in [-0.15, -0.1) is 0 Å². The van der Waals surface area contributed by atoms with Crippen LogP contribution in [0.4, 0.5) is 4.39 Å². The summed E-state index contributed by atoms with van der Waals surface area (Å²) in [6.45, 7) is 7.51. The summed E-state index contributed by atoms with van der Waals surface area (Å²) in [5.74, 6) is 0.497. The summed E-state index contributed by atoms with van der Waals surface area (Å²) >= 11 is 0. The number of carbonyl (C=O) groups is 2. The van der Waals surface area contributed by atoms with Crippen molar-refractivity contribution in [1.29, 1.82) is 0 Å². The van der Waals surface area contributed by atoms with Crippen LogP contribution in [-0.4, -0.2) is 70.4 Å². The largest absolute Gasteiger partial charge is 0.380 e. The summed E-state index contributed by atoms with van der Waals surface area (Å²) in [6.07, 6.45) is 4.64. The number of hydrogen-bond acceptors (Lipinski definition) is 5. The molecule has 242 valence electrons. The van der Waals surface area contributed by atoms with Crippen LogP contribution in [0.25, 0.3) is 11.0 Å². The number of hydrogen-bond donors (Lipinski definition) is 0. The summed E-state index contributed by atoms with van der Waals surface area (Å²) in [5.41, 5.74) is 3.39. The van der Waals surface area contributed by atoms with Crippen LogP contribution >= 0.6 is 0 Å². The lowest BCUT2D eigenvalue weighted by atomic mass is 9.71. The highest BCUT2D eigenvalue weighted by Crippen LogP contribution is 2.39. The van der Waals surface area contributed by atoms with Crippen molar-refractivity contribution in [2.75, 3.05) is 39.4 Å². The van der Waals surface area contributed by atoms with Crippen LogP contribution in [0, 0.1) is 17.2 Å². The van der Waals surface area contributed by atoms with Crippen molar-refractivity contribution in [3.63, 3.8) is 0 Å². The fourth-order valence-electron chi connectivity index (χ4n) is 7.35. The van der Waals surface area contributed by atoms with E-state index in [9.17, 15) is 14.0 Å². The second kappa shape index (κ2) is 14.7. The van der Waals surface area contributed by atoms with Crippen LogP contribution in [0.1, 0.15) is 60.8 Å². The van der Waals surface area contributed by atoms with Crippen molar-refractivity contribution in [2.45, 2.75) is 58.5 Å². The molecule has 4 aromatic rings. The van der Waals surface area contributed by atoms with Gasteiger partial charge in [0.15, 0.2) is 5.82 Å². The Balaban J connectivity index is 1.13. The number of amides is 1. The molecule has 3 aromatic carbocycles. The molecule has 1 unspecified atom stereocenters. The average molecular weight is 625 g/mol. The normalized spacial score (nSPS) is 19.6. The van der Waals surface area contributed by atoms with E-state index in [-0.39, 0.29) is 23.4 Å². The van der Waals surface area contributed by atoms with Crippen molar-refractivity contribution >= 4 is 22.7 Å². The minimum absolute atomic E-state index is 0.0789. The highest BCUT2D eigenvalue weighted by Gasteiger charge is 2.44. The van der Waals surface area contributed by atoms with Gasteiger partial charge in [-0.25, -0.2) is 9.37 Å². The van der Waals surface area contributed by atoms with Crippen LogP contribution in [-0.2, 0) is 29.0 Å². The Kier molecular flexibility index (Phi) is 10.2. The predicted octanol–water partition coefficient (Wildman–Crippen LogP) is 6.55. The fourth-order valence-corrected chi connectivity index (χ4v) is 7.35. The molecular weight excluding hydrogens is 579 g/mol. The lowest BCUT2D eigenvalue weighted by molar-refractivity contribution is -0.148. The molecule has 0 radical (unpaired) electrons. The van der Waals surface area contributed by atoms with Crippen molar-refractivity contribution in [2.24, 2.45) is 11.3 Å². The van der Waals surface area contributed by atoms with Gasteiger partial charge in [0, 0.05) is 32.2 Å². The number of halogens is 1. The van der Waals surface area contributed by atoms with Crippen LogP contribution in [0.15, 0.2) is 78.9 Å². The molecule has 0 spiro atoms. The van der Waals surface area contributed by atoms with Crippen molar-refractivity contribution in [1.82, 2.24) is 19.4 Å². The first-order chi connectivity index (χ1) is 22.5. The van der Waals surface area contributed by atoms with Crippen LogP contribution in [0.3, 0.4) is 0 Å². The number of ketones is 1. The Morgan fingerprint density at radius 2 is 1.67 bits per heavy atom. The topological polar surface area (TPSA) is 67.7 Å². The number of piperidine rings is 2. The van der Waals surface area contributed by atoms with Gasteiger partial charge >= 0.3 is 0 Å². The summed E-state index contributed by atoms with van der Waals surface area (Å²) in [7, 11) is 0. The molecule has 0 bridgehead atoms. The Hall–Kier alpha value is -3.88. The number of carbonyl (C=O) groups excluding carboxylic acids is 2. The summed E-state index contributed by atoms with van der Waals surface area (Å²) in [4.78, 5) is 37.3. The number of fused-ring (bicyclic) bond motifs is 1. The quantitative estimate of drug-likeness (QED) is 0.125. The summed E-state index contributed by atoms with van der Waals surface area (Å²) in [6, 6.07) is 24.7. The number of imidazole rings is 1. The number of para-hydroxylation sites is 2. The Labute approximate surface area is 271 Å². The highest BCUT2D eigenvalue weighted by atomic mass is 19.1. The van der Waals surface area contributed by atoms with Gasteiger partial charge in [-0.05, 0) is 100 Å². The molecule has 2 fully saturated rings. The molecule has 1 aromatic heterocycles. The monoisotopic (exact) mass is 624 g/mol. The molecule has 2 aliphatic rings. The van der Waals surface area contributed by atoms with Gasteiger partial charge in [0.2, 0.25) is 11.7 Å². The van der Waals surface area contributed by atoms with Gasteiger partial charge in [-0.2, -0.15) is 0 Å². The standard InChI is InChI=1S/C38H45FN4O3/c1-2-46-26-25-43-34-12-7-6-11-33(34)40-36(43)35(44)31-17-22-41(23-18-31)24-20-38(27-29-13-15-32(39)16-14-29)19-8-21-42(37(38)45)28-30-9-4-3-5-10-30/h3-7,9-16,31H,2,8,17-28H2,1H3. The maximum atomic E-state index is 14.3. The Morgan fingerprint density at radius 1 is 0.935 bits per heavy atom. The number of benzene rings is 3. The summed E-state index contributed by atoms with van der Waals surface area (Å²) < 4.78 is 21.4. The zero-order valence-corrected chi connectivity index (χ0v) is 26.9. The van der Waals surface area contributed by atoms with E-state index in [4.69, 9.17) is 9.72 Å². The second-order valence-electron chi connectivity index (χ2n) is 12.9. The smallest absolute Gasteiger partial charge is 0.229 e. The van der Waals surface area contributed by atoms with Gasteiger partial charge in [0.25, 0.3) is 0 Å². The van der Waals surface area contributed by atoms with Crippen LogP contribution < -0.4 is 0 Å². The van der Waals surface area contributed by atoms with Gasteiger partial charge < -0.3 is 19.1 Å². The fraction of sp³-hybridized carbons (Fsp3) is 0.447. The van der Waals surface area contributed by atoms with Gasteiger partial charge in [0.05, 0.1) is 23.1 Å². The molecule has 1 atom stereocenters. The molecule has 1 amide bonds. The first-order valence-corrected chi connectivity index (χ1v) is 16.8. The van der Waals surface area contributed by atoms with E-state index in [1.807, 2.05) is 71.0 Å². The zero-order chi connectivity index (χ0) is 31.9. The number of Topliss-reactive ketones (excluding diaryl/α,β-unsaturated/α-hetero) is 1. The second-order valence-corrected chi connectivity index (χ2v) is 12.9. The van der Waals surface area contributed by atoms with Gasteiger partial charge in [-0.1, -0.05) is 54.6 Å². The molecule has 0 aliphatic carbocycles. The van der Waals surface area contributed by atoms with E-state index in [2.05, 4.69) is 17.0 Å². The minimum Gasteiger partial charge on any atom is -0.380 e. The van der Waals surface area contributed by atoms with E-state index >= 15 is 0 Å². The minimum atomic E-state index is -0.539. The van der Waals surface area contributed by atoms with Crippen LogP contribution in [0.5, 0.6) is 0 Å². The van der Waals surface area contributed by atoms with Crippen molar-refractivity contribution < 1.29 is 18.7 Å². The Morgan fingerprint density at radius 3 is 2.43 bits per heavy atom. The molecule has 7 nitrogen and oxygen atoms in total. The third-order valence-corrected chi connectivity index (χ3v) is 9.90. The van der Waals surface area contributed by atoms with Crippen LogP contribution in [0.2, 0.25) is 0 Å². The molecular formula is C38H45FN4O3. The van der Waals surface area contributed by atoms with E-state index in [0.29, 0.717) is 38.5 Å². The van der Waals surface area contributed by atoms with E-state index in [0.717, 1.165) is 80.4 Å². The maximum absolute atomic E-state index is 14.3. The third kappa shape index (κ3) is 7.24. The van der Waals surface area contributed by atoms with Crippen molar-refractivity contribution in [3.05, 3.63) is 102 Å². The first kappa shape index (κ1) is 32.1. The molecule has 3 heterocycles. The molecule has 8 heteroatoms. The Bertz CT molecular complexity index is 1610. The lowest BCUT2D eigenvalue weighted by Gasteiger charge is -2.43. The SMILES string of the molecule is CCOCCn1c(C(=O)C2CCN(CCC3(Cc4ccc(F)cc4)CCCN(Cc4ccccc4)C3=O)CC2)nc2ccccc21. The molecule has 2 aliphatic heterocycles. The number of nitrogens with zero attached hydrogens (tertiary/aromatic N) is 4. The predicted molar refractivity (Wildman–Crippen MR) is 178 cm³/mol. The number of rotatable bonds is 13. The third-order valence-electron chi connectivity index (χ3n) is 9.90. The first-order valence-electron chi connectivity index (χ1n) is 16.8. The number of likely N-dealkylation sites (tertiary alicyclic amines) is 2.